The minimum absolute atomic E-state index is 0.216. The Labute approximate surface area is 72.1 Å². The van der Waals surface area contributed by atoms with Gasteiger partial charge in [-0.2, -0.15) is 0 Å². The molecular weight excluding hydrogens is 168 g/mol. The molecule has 0 aliphatic heterocycles. The summed E-state index contributed by atoms with van der Waals surface area (Å²) in [4.78, 5) is 0. The third-order valence-electron chi connectivity index (χ3n) is 1.69. The van der Waals surface area contributed by atoms with Gasteiger partial charge in [-0.1, -0.05) is 36.9 Å². The molecular formula is C8H14OSi2. The summed E-state index contributed by atoms with van der Waals surface area (Å²) >= 11 is 0. The Morgan fingerprint density at radius 2 is 1.91 bits per heavy atom. The third-order valence-corrected chi connectivity index (χ3v) is 6.34. The molecule has 60 valence electrons. The number of hydrogen-bond donors (Lipinski definition) is 0. The lowest BCUT2D eigenvalue weighted by molar-refractivity contribution is 0.636. The monoisotopic (exact) mass is 182 g/mol. The van der Waals surface area contributed by atoms with Gasteiger partial charge in [0.2, 0.25) is 0 Å². The van der Waals surface area contributed by atoms with E-state index in [-0.39, 0.29) is 9.76 Å². The van der Waals surface area contributed by atoms with Crippen molar-refractivity contribution in [2.45, 2.75) is 13.1 Å². The van der Waals surface area contributed by atoms with Crippen LogP contribution < -0.4 is 5.19 Å². The average Bonchev–Trinajstić information content (AvgIpc) is 2.07. The van der Waals surface area contributed by atoms with E-state index >= 15 is 0 Å². The molecule has 0 aliphatic carbocycles. The van der Waals surface area contributed by atoms with E-state index in [1.165, 1.54) is 5.19 Å². The Balaban J connectivity index is 2.61. The standard InChI is InChI=1S/C8H14OSi2/c1-10-9-11(2)8-6-4-3-5-7-8/h3-7,11H,10H2,1-2H3. The minimum Gasteiger partial charge on any atom is -0.460 e. The van der Waals surface area contributed by atoms with Gasteiger partial charge in [-0.15, -0.1) is 0 Å². The first kappa shape index (κ1) is 8.71. The molecule has 1 unspecified atom stereocenters. The zero-order valence-electron chi connectivity index (χ0n) is 7.08. The maximum Gasteiger partial charge on any atom is 0.192 e. The zero-order chi connectivity index (χ0) is 8.10. The average molecular weight is 182 g/mol. The molecule has 1 aromatic carbocycles. The quantitative estimate of drug-likeness (QED) is 0.615. The van der Waals surface area contributed by atoms with E-state index < -0.39 is 9.04 Å². The molecule has 0 saturated heterocycles. The van der Waals surface area contributed by atoms with E-state index in [1.807, 2.05) is 6.07 Å². The van der Waals surface area contributed by atoms with E-state index in [9.17, 15) is 0 Å². The second-order valence-corrected chi connectivity index (χ2v) is 6.37. The Morgan fingerprint density at radius 1 is 1.27 bits per heavy atom. The molecule has 0 radical (unpaired) electrons. The summed E-state index contributed by atoms with van der Waals surface area (Å²) in [5, 5.41) is 1.42. The lowest BCUT2D eigenvalue weighted by Crippen LogP contribution is -2.30. The summed E-state index contributed by atoms with van der Waals surface area (Å²) in [6.45, 7) is 4.43. The van der Waals surface area contributed by atoms with Crippen molar-refractivity contribution in [2.24, 2.45) is 0 Å². The van der Waals surface area contributed by atoms with Crippen LogP contribution in [-0.2, 0) is 4.12 Å². The van der Waals surface area contributed by atoms with Crippen LogP contribution in [0.5, 0.6) is 0 Å². The van der Waals surface area contributed by atoms with Crippen molar-refractivity contribution in [2.75, 3.05) is 0 Å². The van der Waals surface area contributed by atoms with Crippen LogP contribution in [-0.4, -0.2) is 18.8 Å². The van der Waals surface area contributed by atoms with Gasteiger partial charge in [-0.05, 0) is 11.7 Å². The predicted octanol–water partition coefficient (Wildman–Crippen LogP) is 0.396. The van der Waals surface area contributed by atoms with Crippen molar-refractivity contribution in [3.63, 3.8) is 0 Å². The number of hydrogen-bond acceptors (Lipinski definition) is 1. The normalized spacial score (nSPS) is 14.0. The summed E-state index contributed by atoms with van der Waals surface area (Å²) in [6.07, 6.45) is 0. The van der Waals surface area contributed by atoms with Crippen LogP contribution in [0.2, 0.25) is 13.1 Å². The molecule has 0 amide bonds. The molecule has 0 N–H and O–H groups in total. The van der Waals surface area contributed by atoms with Crippen LogP contribution in [0.15, 0.2) is 30.3 Å². The molecule has 1 atom stereocenters. The van der Waals surface area contributed by atoms with Crippen molar-refractivity contribution in [3.8, 4) is 0 Å². The van der Waals surface area contributed by atoms with Crippen molar-refractivity contribution in [1.29, 1.82) is 0 Å². The Bertz CT molecular complexity index is 201. The van der Waals surface area contributed by atoms with E-state index in [0.717, 1.165) is 0 Å². The highest BCUT2D eigenvalue weighted by molar-refractivity contribution is 6.70. The van der Waals surface area contributed by atoms with Crippen molar-refractivity contribution >= 4 is 24.0 Å². The van der Waals surface area contributed by atoms with Gasteiger partial charge >= 0.3 is 0 Å². The molecule has 1 nitrogen and oxygen atoms in total. The first-order chi connectivity index (χ1) is 5.34. The van der Waals surface area contributed by atoms with E-state index in [1.54, 1.807) is 0 Å². The highest BCUT2D eigenvalue weighted by Gasteiger charge is 2.04. The summed E-state index contributed by atoms with van der Waals surface area (Å²) in [5.41, 5.74) is 0. The molecule has 11 heavy (non-hydrogen) atoms. The topological polar surface area (TPSA) is 9.23 Å². The summed E-state index contributed by atoms with van der Waals surface area (Å²) in [6, 6.07) is 10.6. The van der Waals surface area contributed by atoms with Crippen LogP contribution in [0.3, 0.4) is 0 Å². The third kappa shape index (κ3) is 2.61. The first-order valence-electron chi connectivity index (χ1n) is 4.01. The van der Waals surface area contributed by atoms with E-state index in [2.05, 4.69) is 37.4 Å². The fraction of sp³-hybridized carbons (Fsp3) is 0.250. The Morgan fingerprint density at radius 3 is 2.45 bits per heavy atom. The molecule has 0 saturated carbocycles. The number of benzene rings is 1. The Kier molecular flexibility index (Phi) is 3.55. The van der Waals surface area contributed by atoms with Crippen LogP contribution >= 0.6 is 0 Å². The van der Waals surface area contributed by atoms with Gasteiger partial charge in [0.15, 0.2) is 9.04 Å². The van der Waals surface area contributed by atoms with Crippen molar-refractivity contribution < 1.29 is 4.12 Å². The van der Waals surface area contributed by atoms with Gasteiger partial charge in [0.05, 0.1) is 0 Å². The molecule has 0 bridgehead atoms. The molecule has 0 spiro atoms. The molecule has 1 rings (SSSR count). The minimum atomic E-state index is -0.999. The fourth-order valence-electron chi connectivity index (χ4n) is 1.07. The largest absolute Gasteiger partial charge is 0.460 e. The smallest absolute Gasteiger partial charge is 0.192 e. The number of rotatable bonds is 3. The molecule has 0 aliphatic rings. The second kappa shape index (κ2) is 4.48. The van der Waals surface area contributed by atoms with E-state index in [0.29, 0.717) is 0 Å². The molecule has 0 aromatic heterocycles. The van der Waals surface area contributed by atoms with E-state index in [4.69, 9.17) is 4.12 Å². The van der Waals surface area contributed by atoms with Gasteiger partial charge in [-0.25, -0.2) is 0 Å². The molecule has 0 fully saturated rings. The highest BCUT2D eigenvalue weighted by atomic mass is 28.3. The molecule has 0 heterocycles. The second-order valence-electron chi connectivity index (χ2n) is 2.51. The van der Waals surface area contributed by atoms with Crippen molar-refractivity contribution in [1.82, 2.24) is 0 Å². The Hall–Kier alpha value is -0.386. The summed E-state index contributed by atoms with van der Waals surface area (Å²) < 4.78 is 5.71. The highest BCUT2D eigenvalue weighted by Crippen LogP contribution is 1.88. The van der Waals surface area contributed by atoms with Gasteiger partial charge in [0.25, 0.3) is 0 Å². The van der Waals surface area contributed by atoms with Gasteiger partial charge in [0.1, 0.15) is 9.76 Å². The lowest BCUT2D eigenvalue weighted by Gasteiger charge is -2.09. The lowest BCUT2D eigenvalue weighted by atomic mass is 10.4. The van der Waals surface area contributed by atoms with Crippen molar-refractivity contribution in [3.05, 3.63) is 30.3 Å². The van der Waals surface area contributed by atoms with Crippen LogP contribution in [0.25, 0.3) is 0 Å². The van der Waals surface area contributed by atoms with Gasteiger partial charge < -0.3 is 4.12 Å². The predicted molar refractivity (Wildman–Crippen MR) is 54.6 cm³/mol. The fourth-order valence-corrected chi connectivity index (χ4v) is 4.60. The SMILES string of the molecule is C[SiH2]O[SiH](C)c1ccccc1. The maximum atomic E-state index is 5.71. The maximum absolute atomic E-state index is 5.71. The zero-order valence-corrected chi connectivity index (χ0v) is 9.65. The van der Waals surface area contributed by atoms with Gasteiger partial charge in [0, 0.05) is 0 Å². The van der Waals surface area contributed by atoms with Crippen LogP contribution in [0.4, 0.5) is 0 Å². The molecule has 3 heteroatoms. The first-order valence-corrected chi connectivity index (χ1v) is 8.20. The van der Waals surface area contributed by atoms with Crippen LogP contribution in [0.1, 0.15) is 0 Å². The summed E-state index contributed by atoms with van der Waals surface area (Å²) in [5.74, 6) is 0. The molecule has 1 aromatic rings. The van der Waals surface area contributed by atoms with Gasteiger partial charge in [-0.3, -0.25) is 0 Å². The van der Waals surface area contributed by atoms with Crippen LogP contribution in [0, 0.1) is 0 Å². The summed E-state index contributed by atoms with van der Waals surface area (Å²) in [7, 11) is -1.21.